The van der Waals surface area contributed by atoms with Crippen LogP contribution in [0.3, 0.4) is 0 Å². The largest absolute Gasteiger partial charge is 0.310 e. The molecule has 0 amide bonds. The molecular weight excluding hydrogens is 603 g/mol. The van der Waals surface area contributed by atoms with Crippen molar-refractivity contribution < 1.29 is 0 Å². The lowest BCUT2D eigenvalue weighted by Crippen LogP contribution is -2.16. The Morgan fingerprint density at radius 2 is 0.900 bits per heavy atom. The Morgan fingerprint density at radius 3 is 1.62 bits per heavy atom. The van der Waals surface area contributed by atoms with Gasteiger partial charge in [0.15, 0.2) is 0 Å². The highest BCUT2D eigenvalue weighted by Gasteiger charge is 2.35. The van der Waals surface area contributed by atoms with Crippen LogP contribution in [0.15, 0.2) is 188 Å². The summed E-state index contributed by atoms with van der Waals surface area (Å²) in [6, 6.07) is 68.7. The van der Waals surface area contributed by atoms with Crippen LogP contribution in [0.1, 0.15) is 25.0 Å². The van der Waals surface area contributed by atoms with Gasteiger partial charge in [-0.2, -0.15) is 0 Å². The van der Waals surface area contributed by atoms with Crippen molar-refractivity contribution >= 4 is 27.8 Å². The third-order valence-corrected chi connectivity index (χ3v) is 10.4. The second-order valence-corrected chi connectivity index (χ2v) is 13.8. The minimum Gasteiger partial charge on any atom is -0.310 e. The summed E-state index contributed by atoms with van der Waals surface area (Å²) >= 11 is 0. The monoisotopic (exact) mass is 639 g/mol. The van der Waals surface area contributed by atoms with Crippen molar-refractivity contribution in [3.63, 3.8) is 0 Å². The average molecular weight is 640 g/mol. The van der Waals surface area contributed by atoms with Gasteiger partial charge < -0.3 is 4.90 Å². The summed E-state index contributed by atoms with van der Waals surface area (Å²) in [6.07, 6.45) is 0. The first-order valence-corrected chi connectivity index (χ1v) is 17.4. The minimum absolute atomic E-state index is 0.104. The van der Waals surface area contributed by atoms with Gasteiger partial charge in [-0.25, -0.2) is 0 Å². The lowest BCUT2D eigenvalue weighted by atomic mass is 9.82. The minimum atomic E-state index is -0.104. The lowest BCUT2D eigenvalue weighted by molar-refractivity contribution is 0.660. The lowest BCUT2D eigenvalue weighted by Gasteiger charge is -2.29. The second-order valence-electron chi connectivity index (χ2n) is 13.8. The van der Waals surface area contributed by atoms with E-state index in [4.69, 9.17) is 0 Å². The van der Waals surface area contributed by atoms with Gasteiger partial charge in [-0.3, -0.25) is 0 Å². The van der Waals surface area contributed by atoms with Crippen LogP contribution < -0.4 is 4.90 Å². The molecule has 0 aliphatic heterocycles. The molecule has 0 atom stereocenters. The molecule has 0 radical (unpaired) electrons. The molecule has 50 heavy (non-hydrogen) atoms. The predicted molar refractivity (Wildman–Crippen MR) is 213 cm³/mol. The van der Waals surface area contributed by atoms with E-state index >= 15 is 0 Å². The Balaban J connectivity index is 1.25. The fourth-order valence-electron chi connectivity index (χ4n) is 7.88. The molecule has 0 unspecified atom stereocenters. The maximum atomic E-state index is 2.44. The summed E-state index contributed by atoms with van der Waals surface area (Å²) in [4.78, 5) is 2.44. The Bertz CT molecular complexity index is 2430. The molecule has 1 nitrogen and oxygen atoms in total. The molecule has 0 spiro atoms. The van der Waals surface area contributed by atoms with Crippen LogP contribution in [0, 0.1) is 0 Å². The predicted octanol–water partition coefficient (Wildman–Crippen LogP) is 13.6. The first-order valence-electron chi connectivity index (χ1n) is 17.4. The van der Waals surface area contributed by atoms with Crippen LogP contribution in [0.2, 0.25) is 0 Å². The number of hydrogen-bond acceptors (Lipinski definition) is 1. The second kappa shape index (κ2) is 12.1. The van der Waals surface area contributed by atoms with Gasteiger partial charge in [-0.05, 0) is 109 Å². The van der Waals surface area contributed by atoms with Crippen LogP contribution in [0.5, 0.6) is 0 Å². The standard InChI is InChI=1S/C49H37N/c1-49(2)47-23-12-11-21-45(47)46-29-28-41(33-48(46)49)50(40-26-24-37(25-27-40)44-22-13-19-36-18-9-10-20-43(36)44)42-31-38(34-14-5-3-6-15-34)30-39(32-42)35-16-7-4-8-17-35/h3-33H,1-2H3. The highest BCUT2D eigenvalue weighted by molar-refractivity contribution is 5.97. The zero-order valence-corrected chi connectivity index (χ0v) is 28.3. The molecule has 8 aromatic rings. The molecule has 0 saturated heterocycles. The fourth-order valence-corrected chi connectivity index (χ4v) is 7.88. The number of rotatable bonds is 6. The highest BCUT2D eigenvalue weighted by Crippen LogP contribution is 2.51. The van der Waals surface area contributed by atoms with E-state index < -0.39 is 0 Å². The number of hydrogen-bond donors (Lipinski definition) is 0. The molecule has 0 N–H and O–H groups in total. The van der Waals surface area contributed by atoms with Crippen LogP contribution in [0.4, 0.5) is 17.1 Å². The molecule has 1 heteroatoms. The van der Waals surface area contributed by atoms with E-state index in [1.165, 1.54) is 66.4 Å². The van der Waals surface area contributed by atoms with E-state index in [1.54, 1.807) is 0 Å². The molecule has 0 aromatic heterocycles. The number of anilines is 3. The van der Waals surface area contributed by atoms with E-state index in [2.05, 4.69) is 207 Å². The topological polar surface area (TPSA) is 3.24 Å². The first-order chi connectivity index (χ1) is 24.5. The number of nitrogens with zero attached hydrogens (tertiary/aromatic N) is 1. The van der Waals surface area contributed by atoms with Gasteiger partial charge in [0, 0.05) is 22.5 Å². The zero-order valence-electron chi connectivity index (χ0n) is 28.3. The summed E-state index contributed by atoms with van der Waals surface area (Å²) in [5.74, 6) is 0. The summed E-state index contributed by atoms with van der Waals surface area (Å²) in [6.45, 7) is 4.71. The summed E-state index contributed by atoms with van der Waals surface area (Å²) < 4.78 is 0. The zero-order chi connectivity index (χ0) is 33.7. The molecule has 0 heterocycles. The van der Waals surface area contributed by atoms with Crippen molar-refractivity contribution in [3.8, 4) is 44.5 Å². The van der Waals surface area contributed by atoms with Gasteiger partial charge in [0.2, 0.25) is 0 Å². The van der Waals surface area contributed by atoms with Crippen LogP contribution in [-0.2, 0) is 5.41 Å². The Morgan fingerprint density at radius 1 is 0.340 bits per heavy atom. The van der Waals surface area contributed by atoms with Gasteiger partial charge in [-0.1, -0.05) is 159 Å². The quantitative estimate of drug-likeness (QED) is 0.175. The molecule has 9 rings (SSSR count). The summed E-state index contributed by atoms with van der Waals surface area (Å²) in [7, 11) is 0. The van der Waals surface area contributed by atoms with Crippen molar-refractivity contribution in [1.29, 1.82) is 0 Å². The van der Waals surface area contributed by atoms with E-state index in [9.17, 15) is 0 Å². The van der Waals surface area contributed by atoms with E-state index in [1.807, 2.05) is 0 Å². The third kappa shape index (κ3) is 5.11. The van der Waals surface area contributed by atoms with Crippen molar-refractivity contribution in [1.82, 2.24) is 0 Å². The normalized spacial score (nSPS) is 12.8. The third-order valence-electron chi connectivity index (χ3n) is 10.4. The summed E-state index contributed by atoms with van der Waals surface area (Å²) in [5.41, 5.74) is 15.9. The fraction of sp³-hybridized carbons (Fsp3) is 0.0612. The van der Waals surface area contributed by atoms with Gasteiger partial charge >= 0.3 is 0 Å². The van der Waals surface area contributed by atoms with Gasteiger partial charge in [0.25, 0.3) is 0 Å². The molecule has 1 aliphatic carbocycles. The highest BCUT2D eigenvalue weighted by atomic mass is 15.1. The van der Waals surface area contributed by atoms with Crippen LogP contribution in [-0.4, -0.2) is 0 Å². The van der Waals surface area contributed by atoms with Gasteiger partial charge in [0.1, 0.15) is 0 Å². The van der Waals surface area contributed by atoms with Gasteiger partial charge in [-0.15, -0.1) is 0 Å². The van der Waals surface area contributed by atoms with E-state index in [-0.39, 0.29) is 5.41 Å². The molecule has 1 aliphatic rings. The first kappa shape index (κ1) is 29.9. The average Bonchev–Trinajstić information content (AvgIpc) is 3.41. The molecule has 0 bridgehead atoms. The van der Waals surface area contributed by atoms with Crippen molar-refractivity contribution in [2.75, 3.05) is 4.90 Å². The number of fused-ring (bicyclic) bond motifs is 4. The van der Waals surface area contributed by atoms with E-state index in [0.29, 0.717) is 0 Å². The molecule has 0 saturated carbocycles. The molecule has 0 fully saturated rings. The van der Waals surface area contributed by atoms with Crippen molar-refractivity contribution in [2.24, 2.45) is 0 Å². The van der Waals surface area contributed by atoms with Gasteiger partial charge in [0.05, 0.1) is 0 Å². The number of benzene rings is 8. The maximum Gasteiger partial charge on any atom is 0.0473 e. The SMILES string of the molecule is CC1(C)c2ccccc2-c2ccc(N(c3ccc(-c4cccc5ccccc45)cc3)c3cc(-c4ccccc4)cc(-c4ccccc4)c3)cc21. The van der Waals surface area contributed by atoms with Crippen molar-refractivity contribution in [3.05, 3.63) is 199 Å². The Labute approximate surface area is 294 Å². The maximum absolute atomic E-state index is 2.44. The van der Waals surface area contributed by atoms with E-state index in [0.717, 1.165) is 17.1 Å². The Kier molecular flexibility index (Phi) is 7.21. The van der Waals surface area contributed by atoms with Crippen LogP contribution >= 0.6 is 0 Å². The molecule has 8 aromatic carbocycles. The molecular formula is C49H37N. The Hall–Kier alpha value is -6.18. The smallest absolute Gasteiger partial charge is 0.0473 e. The van der Waals surface area contributed by atoms with Crippen LogP contribution in [0.25, 0.3) is 55.3 Å². The molecule has 238 valence electrons. The summed E-state index contributed by atoms with van der Waals surface area (Å²) in [5, 5.41) is 2.52. The van der Waals surface area contributed by atoms with Crippen molar-refractivity contribution in [2.45, 2.75) is 19.3 Å².